The molecule has 1 unspecified atom stereocenters. The molecule has 0 aliphatic heterocycles. The van der Waals surface area contributed by atoms with E-state index in [4.69, 9.17) is 13.9 Å². The van der Waals surface area contributed by atoms with Gasteiger partial charge in [-0.1, -0.05) is 12.1 Å². The van der Waals surface area contributed by atoms with Crippen LogP contribution in [0.25, 0.3) is 0 Å². The van der Waals surface area contributed by atoms with Crippen LogP contribution in [0, 0.1) is 11.6 Å². The summed E-state index contributed by atoms with van der Waals surface area (Å²) < 4.78 is 42.0. The van der Waals surface area contributed by atoms with Crippen molar-refractivity contribution in [1.29, 1.82) is 0 Å². The van der Waals surface area contributed by atoms with Crippen LogP contribution in [0.5, 0.6) is 5.75 Å². The van der Waals surface area contributed by atoms with E-state index in [0.29, 0.717) is 17.1 Å². The van der Waals surface area contributed by atoms with Crippen LogP contribution in [0.15, 0.2) is 65.1 Å². The van der Waals surface area contributed by atoms with Crippen LogP contribution >= 0.6 is 0 Å². The lowest BCUT2D eigenvalue weighted by atomic mass is 10.1. The number of furan rings is 1. The molecule has 6 heteroatoms. The highest BCUT2D eigenvalue weighted by Crippen LogP contribution is 2.20. The lowest BCUT2D eigenvalue weighted by Crippen LogP contribution is -2.08. The Kier molecular flexibility index (Phi) is 5.31. The number of rotatable bonds is 6. The highest BCUT2D eigenvalue weighted by atomic mass is 19.1. The summed E-state index contributed by atoms with van der Waals surface area (Å²) in [5, 5.41) is 0. The van der Waals surface area contributed by atoms with Gasteiger partial charge in [-0.2, -0.15) is 0 Å². The van der Waals surface area contributed by atoms with Gasteiger partial charge in [0.15, 0.2) is 0 Å². The molecule has 1 atom stereocenters. The Morgan fingerprint density at radius 3 is 2.23 bits per heavy atom. The van der Waals surface area contributed by atoms with Gasteiger partial charge in [-0.3, -0.25) is 0 Å². The highest BCUT2D eigenvalue weighted by Gasteiger charge is 2.17. The molecule has 26 heavy (non-hydrogen) atoms. The number of hydrogen-bond donors (Lipinski definition) is 0. The van der Waals surface area contributed by atoms with Gasteiger partial charge in [-0.05, 0) is 61.0 Å². The molecule has 0 bridgehead atoms. The average Bonchev–Trinajstić information content (AvgIpc) is 3.11. The Morgan fingerprint density at radius 2 is 1.58 bits per heavy atom. The molecule has 3 aromatic rings. The lowest BCUT2D eigenvalue weighted by molar-refractivity contribution is 0.0298. The molecule has 0 aliphatic rings. The second kappa shape index (κ2) is 7.82. The zero-order chi connectivity index (χ0) is 18.5. The van der Waals surface area contributed by atoms with Crippen molar-refractivity contribution < 1.29 is 27.5 Å². The van der Waals surface area contributed by atoms with E-state index < -0.39 is 12.1 Å². The van der Waals surface area contributed by atoms with Gasteiger partial charge in [0, 0.05) is 0 Å². The number of hydrogen-bond acceptors (Lipinski definition) is 4. The molecule has 0 amide bonds. The summed E-state index contributed by atoms with van der Waals surface area (Å²) in [4.78, 5) is 12.1. The predicted molar refractivity (Wildman–Crippen MR) is 89.7 cm³/mol. The number of esters is 1. The van der Waals surface area contributed by atoms with Gasteiger partial charge < -0.3 is 13.9 Å². The smallest absolute Gasteiger partial charge is 0.374 e. The summed E-state index contributed by atoms with van der Waals surface area (Å²) in [7, 11) is 0. The quantitative estimate of drug-likeness (QED) is 0.578. The maximum absolute atomic E-state index is 12.9. The first-order valence-electron chi connectivity index (χ1n) is 7.95. The number of halogens is 2. The van der Waals surface area contributed by atoms with E-state index in [1.165, 1.54) is 42.5 Å². The Morgan fingerprint density at radius 1 is 0.962 bits per heavy atom. The molecule has 0 radical (unpaired) electrons. The molecule has 134 valence electrons. The van der Waals surface area contributed by atoms with Gasteiger partial charge in [0.1, 0.15) is 35.9 Å². The van der Waals surface area contributed by atoms with Crippen molar-refractivity contribution in [3.05, 3.63) is 89.4 Å². The van der Waals surface area contributed by atoms with Crippen molar-refractivity contribution in [1.82, 2.24) is 0 Å². The molecular formula is C20H16F2O4. The van der Waals surface area contributed by atoms with Gasteiger partial charge in [-0.25, -0.2) is 13.6 Å². The Balaban J connectivity index is 1.57. The number of ether oxygens (including phenoxy) is 2. The topological polar surface area (TPSA) is 48.7 Å². The van der Waals surface area contributed by atoms with Crippen LogP contribution < -0.4 is 4.74 Å². The standard InChI is InChI=1S/C20H16F2O4/c1-13(14-2-4-15(21)5-3-14)25-20(23)19-11-10-18(26-19)12-24-17-8-6-16(22)7-9-17/h2-11,13H,12H2,1H3. The van der Waals surface area contributed by atoms with E-state index in [2.05, 4.69) is 0 Å². The first-order chi connectivity index (χ1) is 12.5. The summed E-state index contributed by atoms with van der Waals surface area (Å²) in [5.74, 6) is -0.390. The van der Waals surface area contributed by atoms with E-state index in [-0.39, 0.29) is 24.0 Å². The molecule has 0 saturated carbocycles. The van der Waals surface area contributed by atoms with E-state index in [1.807, 2.05) is 0 Å². The molecule has 4 nitrogen and oxygen atoms in total. The minimum Gasteiger partial charge on any atom is -0.486 e. The Labute approximate surface area is 149 Å². The number of benzene rings is 2. The molecule has 1 heterocycles. The van der Waals surface area contributed by atoms with Gasteiger partial charge in [-0.15, -0.1) is 0 Å². The second-order valence-corrected chi connectivity index (χ2v) is 5.61. The minimum absolute atomic E-state index is 0.0386. The maximum atomic E-state index is 12.9. The van der Waals surface area contributed by atoms with Crippen molar-refractivity contribution >= 4 is 5.97 Å². The second-order valence-electron chi connectivity index (χ2n) is 5.61. The fraction of sp³-hybridized carbons (Fsp3) is 0.150. The molecule has 2 aromatic carbocycles. The normalized spacial score (nSPS) is 11.8. The third kappa shape index (κ3) is 4.47. The highest BCUT2D eigenvalue weighted by molar-refractivity contribution is 5.86. The summed E-state index contributed by atoms with van der Waals surface area (Å²) >= 11 is 0. The van der Waals surface area contributed by atoms with Gasteiger partial charge in [0.2, 0.25) is 5.76 Å². The third-order valence-corrected chi connectivity index (χ3v) is 3.68. The molecule has 0 saturated heterocycles. The maximum Gasteiger partial charge on any atom is 0.374 e. The van der Waals surface area contributed by atoms with Crippen molar-refractivity contribution in [2.45, 2.75) is 19.6 Å². The monoisotopic (exact) mass is 358 g/mol. The number of carbonyl (C=O) groups is 1. The average molecular weight is 358 g/mol. The number of carbonyl (C=O) groups excluding carboxylic acids is 1. The van der Waals surface area contributed by atoms with Crippen molar-refractivity contribution in [3.63, 3.8) is 0 Å². The van der Waals surface area contributed by atoms with Crippen LogP contribution in [0.3, 0.4) is 0 Å². The molecule has 0 spiro atoms. The van der Waals surface area contributed by atoms with Crippen LogP contribution in [0.4, 0.5) is 8.78 Å². The van der Waals surface area contributed by atoms with Gasteiger partial charge >= 0.3 is 5.97 Å². The minimum atomic E-state index is -0.630. The van der Waals surface area contributed by atoms with E-state index in [0.717, 1.165) is 0 Å². The van der Waals surface area contributed by atoms with E-state index in [9.17, 15) is 13.6 Å². The first-order valence-corrected chi connectivity index (χ1v) is 7.95. The van der Waals surface area contributed by atoms with Gasteiger partial charge in [0.05, 0.1) is 0 Å². The zero-order valence-electron chi connectivity index (χ0n) is 13.9. The van der Waals surface area contributed by atoms with E-state index >= 15 is 0 Å². The van der Waals surface area contributed by atoms with Crippen LogP contribution in [-0.2, 0) is 11.3 Å². The van der Waals surface area contributed by atoms with Crippen LogP contribution in [0.1, 0.15) is 34.9 Å². The molecule has 0 fully saturated rings. The largest absolute Gasteiger partial charge is 0.486 e. The van der Waals surface area contributed by atoms with Crippen molar-refractivity contribution in [3.8, 4) is 5.75 Å². The summed E-state index contributed by atoms with van der Waals surface area (Å²) in [6.07, 6.45) is -0.549. The SMILES string of the molecule is CC(OC(=O)c1ccc(COc2ccc(F)cc2)o1)c1ccc(F)cc1. The van der Waals surface area contributed by atoms with Crippen molar-refractivity contribution in [2.24, 2.45) is 0 Å². The van der Waals surface area contributed by atoms with Gasteiger partial charge in [0.25, 0.3) is 0 Å². The summed E-state index contributed by atoms with van der Waals surface area (Å²) in [6.45, 7) is 1.78. The molecule has 1 aromatic heterocycles. The third-order valence-electron chi connectivity index (χ3n) is 3.68. The van der Waals surface area contributed by atoms with Crippen LogP contribution in [0.2, 0.25) is 0 Å². The Hall–Kier alpha value is -3.15. The molecule has 0 N–H and O–H groups in total. The molecular weight excluding hydrogens is 342 g/mol. The lowest BCUT2D eigenvalue weighted by Gasteiger charge is -2.12. The Bertz CT molecular complexity index is 870. The summed E-state index contributed by atoms with van der Waals surface area (Å²) in [6, 6.07) is 14.4. The van der Waals surface area contributed by atoms with Crippen molar-refractivity contribution in [2.75, 3.05) is 0 Å². The first kappa shape index (κ1) is 17.7. The molecule has 0 aliphatic carbocycles. The fourth-order valence-electron chi connectivity index (χ4n) is 2.27. The zero-order valence-corrected chi connectivity index (χ0v) is 13.9. The van der Waals surface area contributed by atoms with E-state index in [1.54, 1.807) is 25.1 Å². The predicted octanol–water partition coefficient (Wildman–Crippen LogP) is 5.05. The summed E-state index contributed by atoms with van der Waals surface area (Å²) in [5.41, 5.74) is 0.672. The van der Waals surface area contributed by atoms with Crippen LogP contribution in [-0.4, -0.2) is 5.97 Å². The fourth-order valence-corrected chi connectivity index (χ4v) is 2.27. The molecule has 3 rings (SSSR count).